The quantitative estimate of drug-likeness (QED) is 0.808. The van der Waals surface area contributed by atoms with Crippen molar-refractivity contribution in [1.82, 2.24) is 5.32 Å². The summed E-state index contributed by atoms with van der Waals surface area (Å²) >= 11 is 5.35. The minimum Gasteiger partial charge on any atom is -0.308 e. The molecular formula is C12H16BrNS. The predicted molar refractivity (Wildman–Crippen MR) is 71.1 cm³/mol. The second kappa shape index (κ2) is 7.05. The first-order valence-corrected chi connectivity index (χ1v) is 6.82. The lowest BCUT2D eigenvalue weighted by Gasteiger charge is -2.14. The number of thiophene rings is 1. The first-order valence-electron chi connectivity index (χ1n) is 5.15. The molecule has 1 nitrogen and oxygen atoms in total. The Hall–Kier alpha value is -0.300. The third kappa shape index (κ3) is 3.98. The molecule has 1 unspecified atom stereocenters. The van der Waals surface area contributed by atoms with Crippen LogP contribution in [0.1, 0.15) is 37.6 Å². The van der Waals surface area contributed by atoms with E-state index in [1.807, 2.05) is 6.92 Å². The average Bonchev–Trinajstić information content (AvgIpc) is 2.65. The van der Waals surface area contributed by atoms with Crippen molar-refractivity contribution in [2.75, 3.05) is 6.54 Å². The van der Waals surface area contributed by atoms with Crippen LogP contribution in [0.4, 0.5) is 0 Å². The molecule has 0 aromatic carbocycles. The highest BCUT2D eigenvalue weighted by Crippen LogP contribution is 2.30. The van der Waals surface area contributed by atoms with Gasteiger partial charge < -0.3 is 5.32 Å². The predicted octanol–water partition coefficient (Wildman–Crippen LogP) is 3.96. The summed E-state index contributed by atoms with van der Waals surface area (Å²) in [6.07, 6.45) is 2.04. The van der Waals surface area contributed by atoms with Crippen LogP contribution >= 0.6 is 27.3 Å². The van der Waals surface area contributed by atoms with Crippen molar-refractivity contribution in [2.24, 2.45) is 0 Å². The Morgan fingerprint density at radius 3 is 2.93 bits per heavy atom. The summed E-state index contributed by atoms with van der Waals surface area (Å²) < 4.78 is 1.19. The first kappa shape index (κ1) is 12.8. The van der Waals surface area contributed by atoms with Gasteiger partial charge in [0, 0.05) is 15.8 Å². The molecule has 82 valence electrons. The number of rotatable bonds is 5. The van der Waals surface area contributed by atoms with E-state index in [4.69, 9.17) is 0 Å². The largest absolute Gasteiger partial charge is 0.308 e. The zero-order chi connectivity index (χ0) is 11.1. The second-order valence-corrected chi connectivity index (χ2v) is 5.07. The Morgan fingerprint density at radius 2 is 2.40 bits per heavy atom. The van der Waals surface area contributed by atoms with Crippen molar-refractivity contribution in [3.05, 3.63) is 20.8 Å². The van der Waals surface area contributed by atoms with Crippen LogP contribution in [0.3, 0.4) is 0 Å². The van der Waals surface area contributed by atoms with Gasteiger partial charge in [0.1, 0.15) is 0 Å². The molecule has 1 aromatic heterocycles. The molecule has 1 rings (SSSR count). The van der Waals surface area contributed by atoms with E-state index in [9.17, 15) is 0 Å². The molecule has 1 N–H and O–H groups in total. The van der Waals surface area contributed by atoms with E-state index in [1.54, 1.807) is 11.3 Å². The van der Waals surface area contributed by atoms with Crippen molar-refractivity contribution in [2.45, 2.75) is 32.7 Å². The van der Waals surface area contributed by atoms with E-state index < -0.39 is 0 Å². The van der Waals surface area contributed by atoms with Crippen molar-refractivity contribution < 1.29 is 0 Å². The maximum atomic E-state index is 3.57. The topological polar surface area (TPSA) is 12.0 Å². The van der Waals surface area contributed by atoms with Crippen LogP contribution in [-0.4, -0.2) is 6.54 Å². The fraction of sp³-hybridized carbons (Fsp3) is 0.500. The minimum atomic E-state index is 0.367. The highest BCUT2D eigenvalue weighted by molar-refractivity contribution is 9.10. The molecule has 1 atom stereocenters. The van der Waals surface area contributed by atoms with E-state index in [-0.39, 0.29) is 0 Å². The molecule has 0 saturated heterocycles. The third-order valence-corrected chi connectivity index (χ3v) is 4.07. The van der Waals surface area contributed by atoms with E-state index >= 15 is 0 Å². The van der Waals surface area contributed by atoms with Crippen LogP contribution < -0.4 is 5.32 Å². The van der Waals surface area contributed by atoms with Gasteiger partial charge in [0.2, 0.25) is 0 Å². The van der Waals surface area contributed by atoms with Crippen LogP contribution in [-0.2, 0) is 0 Å². The van der Waals surface area contributed by atoms with Gasteiger partial charge in [0.05, 0.1) is 6.04 Å². The van der Waals surface area contributed by atoms with Crippen LogP contribution in [0.2, 0.25) is 0 Å². The molecule has 0 fully saturated rings. The van der Waals surface area contributed by atoms with Gasteiger partial charge in [-0.05, 0) is 47.3 Å². The van der Waals surface area contributed by atoms with Crippen LogP contribution in [0.5, 0.6) is 0 Å². The van der Waals surface area contributed by atoms with E-state index in [0.717, 1.165) is 19.4 Å². The fourth-order valence-corrected chi connectivity index (χ4v) is 3.06. The zero-order valence-corrected chi connectivity index (χ0v) is 11.5. The highest BCUT2D eigenvalue weighted by Gasteiger charge is 2.13. The Kier molecular flexibility index (Phi) is 6.00. The molecule has 0 saturated carbocycles. The molecular weight excluding hydrogens is 270 g/mol. The van der Waals surface area contributed by atoms with Crippen LogP contribution in [0.25, 0.3) is 0 Å². The third-order valence-electron chi connectivity index (χ3n) is 2.08. The van der Waals surface area contributed by atoms with Crippen molar-refractivity contribution in [3.63, 3.8) is 0 Å². The summed E-state index contributed by atoms with van der Waals surface area (Å²) in [5.74, 6) is 6.10. The van der Waals surface area contributed by atoms with Gasteiger partial charge >= 0.3 is 0 Å². The summed E-state index contributed by atoms with van der Waals surface area (Å²) in [7, 11) is 0. The molecule has 0 aliphatic heterocycles. The van der Waals surface area contributed by atoms with Crippen molar-refractivity contribution >= 4 is 27.3 Å². The number of hydrogen-bond acceptors (Lipinski definition) is 2. The van der Waals surface area contributed by atoms with Gasteiger partial charge in [-0.3, -0.25) is 0 Å². The zero-order valence-electron chi connectivity index (χ0n) is 9.14. The first-order chi connectivity index (χ1) is 7.29. The summed E-state index contributed by atoms with van der Waals surface area (Å²) in [6, 6.07) is 2.46. The lowest BCUT2D eigenvalue weighted by atomic mass is 10.1. The molecule has 1 aromatic rings. The molecule has 3 heteroatoms. The van der Waals surface area contributed by atoms with Gasteiger partial charge in [-0.2, -0.15) is 0 Å². The van der Waals surface area contributed by atoms with Crippen molar-refractivity contribution in [1.29, 1.82) is 0 Å². The highest BCUT2D eigenvalue weighted by atomic mass is 79.9. The van der Waals surface area contributed by atoms with E-state index in [2.05, 4.69) is 51.5 Å². The molecule has 0 aliphatic rings. The standard InChI is InChI=1S/C12H16BrNS/c1-3-5-6-11(14-8-4-2)12-10(13)7-9-15-12/h7,9,11,14H,4,6,8H2,1-2H3. The van der Waals surface area contributed by atoms with Crippen molar-refractivity contribution in [3.8, 4) is 11.8 Å². The van der Waals surface area contributed by atoms with Gasteiger partial charge in [0.25, 0.3) is 0 Å². The smallest absolute Gasteiger partial charge is 0.0537 e. The monoisotopic (exact) mass is 285 g/mol. The summed E-state index contributed by atoms with van der Waals surface area (Å²) in [4.78, 5) is 1.35. The van der Waals surface area contributed by atoms with Crippen LogP contribution in [0, 0.1) is 11.8 Å². The Bertz CT molecular complexity index is 348. The Balaban J connectivity index is 2.70. The number of halogens is 1. The van der Waals surface area contributed by atoms with Gasteiger partial charge in [-0.25, -0.2) is 0 Å². The maximum Gasteiger partial charge on any atom is 0.0537 e. The van der Waals surface area contributed by atoms with E-state index in [1.165, 1.54) is 9.35 Å². The second-order valence-electron chi connectivity index (χ2n) is 3.27. The molecule has 0 bridgehead atoms. The lowest BCUT2D eigenvalue weighted by molar-refractivity contribution is 0.548. The maximum absolute atomic E-state index is 3.57. The lowest BCUT2D eigenvalue weighted by Crippen LogP contribution is -2.21. The summed E-state index contributed by atoms with van der Waals surface area (Å²) in [5.41, 5.74) is 0. The minimum absolute atomic E-state index is 0.367. The fourth-order valence-electron chi connectivity index (χ4n) is 1.33. The van der Waals surface area contributed by atoms with Gasteiger partial charge in [0.15, 0.2) is 0 Å². The Labute approximate surface area is 104 Å². The molecule has 0 spiro atoms. The molecule has 1 heterocycles. The molecule has 0 aliphatic carbocycles. The SMILES string of the molecule is CC#CCC(NCCC)c1sccc1Br. The van der Waals surface area contributed by atoms with Gasteiger partial charge in [-0.1, -0.05) is 6.92 Å². The van der Waals surface area contributed by atoms with Gasteiger partial charge in [-0.15, -0.1) is 23.2 Å². The van der Waals surface area contributed by atoms with E-state index in [0.29, 0.717) is 6.04 Å². The molecule has 0 radical (unpaired) electrons. The van der Waals surface area contributed by atoms with Crippen LogP contribution in [0.15, 0.2) is 15.9 Å². The number of nitrogens with one attached hydrogen (secondary N) is 1. The normalized spacial score (nSPS) is 11.9. The number of hydrogen-bond donors (Lipinski definition) is 1. The average molecular weight is 286 g/mol. The summed E-state index contributed by atoms with van der Waals surface area (Å²) in [6.45, 7) is 5.11. The summed E-state index contributed by atoms with van der Waals surface area (Å²) in [5, 5.41) is 5.64. The molecule has 15 heavy (non-hydrogen) atoms. The Morgan fingerprint density at radius 1 is 1.60 bits per heavy atom. The molecule has 0 amide bonds.